The first-order valence-electron chi connectivity index (χ1n) is 7.22. The van der Waals surface area contributed by atoms with Crippen LogP contribution in [0.4, 0.5) is 0 Å². The molecular weight excluding hydrogens is 298 g/mol. The van der Waals surface area contributed by atoms with Crippen LogP contribution < -0.4 is 5.32 Å². The van der Waals surface area contributed by atoms with Gasteiger partial charge in [-0.3, -0.25) is 9.59 Å². The largest absolute Gasteiger partial charge is 0.481 e. The third-order valence-corrected chi connectivity index (χ3v) is 3.52. The standard InChI is InChI=1S/C17H17NO5/c19-15(20)10-4-9-14(17(22)23)18-16(21)13-8-3-6-11-5-1-2-7-12(11)13/h1-3,5-8,14H,4,9-10H2,(H,18,21)(H,19,20)(H,22,23). The fourth-order valence-electron chi connectivity index (χ4n) is 2.37. The molecule has 2 aromatic rings. The first-order valence-corrected chi connectivity index (χ1v) is 7.22. The number of fused-ring (bicyclic) bond motifs is 1. The Morgan fingerprint density at radius 3 is 2.39 bits per heavy atom. The molecule has 0 aliphatic carbocycles. The minimum atomic E-state index is -1.18. The van der Waals surface area contributed by atoms with Crippen LogP contribution in [0.2, 0.25) is 0 Å². The summed E-state index contributed by atoms with van der Waals surface area (Å²) in [6, 6.07) is 11.5. The highest BCUT2D eigenvalue weighted by Gasteiger charge is 2.21. The first kappa shape index (κ1) is 16.5. The number of hydrogen-bond donors (Lipinski definition) is 3. The van der Waals surface area contributed by atoms with E-state index in [0.717, 1.165) is 10.8 Å². The molecule has 23 heavy (non-hydrogen) atoms. The number of carboxylic acid groups (broad SMARTS) is 2. The summed E-state index contributed by atoms with van der Waals surface area (Å²) >= 11 is 0. The highest BCUT2D eigenvalue weighted by molar-refractivity contribution is 6.07. The molecular formula is C17H17NO5. The number of aliphatic carboxylic acids is 2. The normalized spacial score (nSPS) is 11.8. The molecule has 0 bridgehead atoms. The van der Waals surface area contributed by atoms with E-state index in [0.29, 0.717) is 5.56 Å². The Kier molecular flexibility index (Phi) is 5.30. The number of benzene rings is 2. The number of carbonyl (C=O) groups excluding carboxylic acids is 1. The molecule has 0 fully saturated rings. The molecule has 0 saturated heterocycles. The van der Waals surface area contributed by atoms with Crippen molar-refractivity contribution in [3.63, 3.8) is 0 Å². The Balaban J connectivity index is 2.14. The van der Waals surface area contributed by atoms with Crippen molar-refractivity contribution in [1.82, 2.24) is 5.32 Å². The van der Waals surface area contributed by atoms with Crippen molar-refractivity contribution in [2.45, 2.75) is 25.3 Å². The molecule has 1 atom stereocenters. The van der Waals surface area contributed by atoms with E-state index in [-0.39, 0.29) is 19.3 Å². The zero-order valence-electron chi connectivity index (χ0n) is 12.4. The van der Waals surface area contributed by atoms with Gasteiger partial charge in [0.25, 0.3) is 5.91 Å². The molecule has 120 valence electrons. The van der Waals surface area contributed by atoms with Gasteiger partial charge < -0.3 is 15.5 Å². The predicted octanol–water partition coefficient (Wildman–Crippen LogP) is 2.28. The minimum absolute atomic E-state index is 0.0676. The van der Waals surface area contributed by atoms with Crippen molar-refractivity contribution < 1.29 is 24.6 Å². The van der Waals surface area contributed by atoms with Crippen LogP contribution in [0.25, 0.3) is 10.8 Å². The lowest BCUT2D eigenvalue weighted by atomic mass is 10.0. The van der Waals surface area contributed by atoms with Gasteiger partial charge in [0, 0.05) is 12.0 Å². The summed E-state index contributed by atoms with van der Waals surface area (Å²) in [4.78, 5) is 34.1. The van der Waals surface area contributed by atoms with Crippen LogP contribution in [0.3, 0.4) is 0 Å². The number of amides is 1. The number of rotatable bonds is 7. The molecule has 0 radical (unpaired) electrons. The lowest BCUT2D eigenvalue weighted by Gasteiger charge is -2.15. The third kappa shape index (κ3) is 4.29. The quantitative estimate of drug-likeness (QED) is 0.727. The maximum atomic E-state index is 12.4. The summed E-state index contributed by atoms with van der Waals surface area (Å²) in [6.07, 6.45) is 0.119. The van der Waals surface area contributed by atoms with E-state index in [9.17, 15) is 19.5 Å². The van der Waals surface area contributed by atoms with Crippen molar-refractivity contribution in [1.29, 1.82) is 0 Å². The second-order valence-corrected chi connectivity index (χ2v) is 5.18. The van der Waals surface area contributed by atoms with Gasteiger partial charge in [-0.15, -0.1) is 0 Å². The SMILES string of the molecule is O=C(O)CCCC(NC(=O)c1cccc2ccccc12)C(=O)O. The van der Waals surface area contributed by atoms with Crippen LogP contribution in [0.1, 0.15) is 29.6 Å². The van der Waals surface area contributed by atoms with E-state index in [1.165, 1.54) is 0 Å². The van der Waals surface area contributed by atoms with Crippen LogP contribution >= 0.6 is 0 Å². The zero-order chi connectivity index (χ0) is 16.8. The Morgan fingerprint density at radius 1 is 1.00 bits per heavy atom. The highest BCUT2D eigenvalue weighted by atomic mass is 16.4. The van der Waals surface area contributed by atoms with E-state index in [1.54, 1.807) is 24.3 Å². The molecule has 1 unspecified atom stereocenters. The van der Waals surface area contributed by atoms with E-state index in [1.807, 2.05) is 18.2 Å². The number of carboxylic acids is 2. The Hall–Kier alpha value is -2.89. The number of hydrogen-bond acceptors (Lipinski definition) is 3. The monoisotopic (exact) mass is 315 g/mol. The lowest BCUT2D eigenvalue weighted by Crippen LogP contribution is -2.40. The molecule has 0 saturated carbocycles. The van der Waals surface area contributed by atoms with Crippen LogP contribution in [0.15, 0.2) is 42.5 Å². The van der Waals surface area contributed by atoms with Gasteiger partial charge in [0.1, 0.15) is 6.04 Å². The van der Waals surface area contributed by atoms with E-state index in [4.69, 9.17) is 5.11 Å². The molecule has 2 aromatic carbocycles. The van der Waals surface area contributed by atoms with Gasteiger partial charge in [0.2, 0.25) is 0 Å². The third-order valence-electron chi connectivity index (χ3n) is 3.52. The molecule has 0 aliphatic rings. The summed E-state index contributed by atoms with van der Waals surface area (Å²) < 4.78 is 0. The van der Waals surface area contributed by atoms with E-state index < -0.39 is 23.9 Å². The summed E-state index contributed by atoms with van der Waals surface area (Å²) in [7, 11) is 0. The van der Waals surface area contributed by atoms with Crippen molar-refractivity contribution >= 4 is 28.6 Å². The predicted molar refractivity (Wildman–Crippen MR) is 84.3 cm³/mol. The Labute approximate surface area is 132 Å². The van der Waals surface area contributed by atoms with Crippen molar-refractivity contribution in [3.05, 3.63) is 48.0 Å². The molecule has 2 rings (SSSR count). The second kappa shape index (κ2) is 7.40. The van der Waals surface area contributed by atoms with Crippen molar-refractivity contribution in [2.24, 2.45) is 0 Å². The van der Waals surface area contributed by atoms with Crippen LogP contribution in [0, 0.1) is 0 Å². The number of nitrogens with one attached hydrogen (secondary N) is 1. The van der Waals surface area contributed by atoms with E-state index >= 15 is 0 Å². The summed E-state index contributed by atoms with van der Waals surface area (Å²) in [5.74, 6) is -2.65. The van der Waals surface area contributed by atoms with Gasteiger partial charge in [-0.05, 0) is 29.7 Å². The Bertz CT molecular complexity index is 735. The van der Waals surface area contributed by atoms with Crippen LogP contribution in [0.5, 0.6) is 0 Å². The van der Waals surface area contributed by atoms with E-state index in [2.05, 4.69) is 5.32 Å². The fraction of sp³-hybridized carbons (Fsp3) is 0.235. The topological polar surface area (TPSA) is 104 Å². The zero-order valence-corrected chi connectivity index (χ0v) is 12.4. The molecule has 0 aromatic heterocycles. The van der Waals surface area contributed by atoms with Gasteiger partial charge in [-0.2, -0.15) is 0 Å². The lowest BCUT2D eigenvalue weighted by molar-refractivity contribution is -0.140. The van der Waals surface area contributed by atoms with Gasteiger partial charge in [0.05, 0.1) is 0 Å². The molecule has 0 heterocycles. The Morgan fingerprint density at radius 2 is 1.70 bits per heavy atom. The average molecular weight is 315 g/mol. The summed E-state index contributed by atoms with van der Waals surface area (Å²) in [5.41, 5.74) is 0.396. The number of carbonyl (C=O) groups is 3. The molecule has 3 N–H and O–H groups in total. The molecule has 0 aliphatic heterocycles. The van der Waals surface area contributed by atoms with Gasteiger partial charge >= 0.3 is 11.9 Å². The highest BCUT2D eigenvalue weighted by Crippen LogP contribution is 2.18. The second-order valence-electron chi connectivity index (χ2n) is 5.18. The first-order chi connectivity index (χ1) is 11.0. The van der Waals surface area contributed by atoms with Crippen molar-refractivity contribution in [2.75, 3.05) is 0 Å². The van der Waals surface area contributed by atoms with Crippen LogP contribution in [-0.4, -0.2) is 34.1 Å². The maximum Gasteiger partial charge on any atom is 0.326 e. The van der Waals surface area contributed by atoms with Gasteiger partial charge in [0.15, 0.2) is 0 Å². The maximum absolute atomic E-state index is 12.4. The fourth-order valence-corrected chi connectivity index (χ4v) is 2.37. The molecule has 1 amide bonds. The van der Waals surface area contributed by atoms with Crippen LogP contribution in [-0.2, 0) is 9.59 Å². The molecule has 0 spiro atoms. The van der Waals surface area contributed by atoms with Crippen molar-refractivity contribution in [3.8, 4) is 0 Å². The molecule has 6 nitrogen and oxygen atoms in total. The summed E-state index contributed by atoms with van der Waals surface area (Å²) in [6.45, 7) is 0. The van der Waals surface area contributed by atoms with Gasteiger partial charge in [-0.1, -0.05) is 36.4 Å². The smallest absolute Gasteiger partial charge is 0.326 e. The molecule has 6 heteroatoms. The minimum Gasteiger partial charge on any atom is -0.481 e. The van der Waals surface area contributed by atoms with Gasteiger partial charge in [-0.25, -0.2) is 4.79 Å². The summed E-state index contributed by atoms with van der Waals surface area (Å²) in [5, 5.41) is 21.9. The average Bonchev–Trinajstić information content (AvgIpc) is 2.52.